The van der Waals surface area contributed by atoms with E-state index in [2.05, 4.69) is 15.1 Å². The molecule has 1 atom stereocenters. The molecule has 1 saturated carbocycles. The molecule has 3 heterocycles. The molecule has 0 spiro atoms. The number of benzene rings is 1. The van der Waals surface area contributed by atoms with Crippen molar-refractivity contribution in [3.63, 3.8) is 0 Å². The van der Waals surface area contributed by atoms with Gasteiger partial charge in [-0.2, -0.15) is 5.10 Å². The maximum Gasteiger partial charge on any atom is 0.142 e. The fourth-order valence-electron chi connectivity index (χ4n) is 5.01. The van der Waals surface area contributed by atoms with Gasteiger partial charge in [0.15, 0.2) is 0 Å². The smallest absolute Gasteiger partial charge is 0.142 e. The molecule has 3 aromatic heterocycles. The normalized spacial score (nSPS) is 19.6. The third kappa shape index (κ3) is 4.00. The lowest BCUT2D eigenvalue weighted by Crippen LogP contribution is -2.22. The molecule has 1 unspecified atom stereocenters. The Balaban J connectivity index is 1.55. The number of alkyl halides is 1. The third-order valence-electron chi connectivity index (χ3n) is 6.89. The van der Waals surface area contributed by atoms with E-state index in [1.807, 2.05) is 23.9 Å². The second-order valence-corrected chi connectivity index (χ2v) is 9.66. The second kappa shape index (κ2) is 9.29. The summed E-state index contributed by atoms with van der Waals surface area (Å²) in [6.45, 7) is 1.22. The van der Waals surface area contributed by atoms with Crippen LogP contribution in [0.3, 0.4) is 0 Å². The van der Waals surface area contributed by atoms with Gasteiger partial charge in [0, 0.05) is 51.1 Å². The molecule has 0 saturated heterocycles. The number of aromatic amines is 1. The molecule has 9 heteroatoms. The summed E-state index contributed by atoms with van der Waals surface area (Å²) in [5.74, 6) is -1.49. The molecule has 0 bridgehead atoms. The van der Waals surface area contributed by atoms with Gasteiger partial charge in [-0.15, -0.1) is 0 Å². The second-order valence-electron chi connectivity index (χ2n) is 8.88. The van der Waals surface area contributed by atoms with E-state index in [0.717, 1.165) is 42.5 Å². The van der Waals surface area contributed by atoms with Crippen LogP contribution in [0.4, 0.5) is 8.78 Å². The van der Waals surface area contributed by atoms with Crippen LogP contribution in [0.1, 0.15) is 54.5 Å². The van der Waals surface area contributed by atoms with Gasteiger partial charge in [-0.25, -0.2) is 9.37 Å². The summed E-state index contributed by atoms with van der Waals surface area (Å²) in [7, 11) is 0. The zero-order valence-corrected chi connectivity index (χ0v) is 20.0. The van der Waals surface area contributed by atoms with E-state index in [9.17, 15) is 13.9 Å². The van der Waals surface area contributed by atoms with E-state index in [-0.39, 0.29) is 27.8 Å². The molecule has 5 nitrogen and oxygen atoms in total. The van der Waals surface area contributed by atoms with Gasteiger partial charge in [-0.05, 0) is 56.4 Å². The van der Waals surface area contributed by atoms with Gasteiger partial charge in [0.05, 0.1) is 23.4 Å². The average Bonchev–Trinajstić information content (AvgIpc) is 3.43. The fraction of sp³-hybridized carbons (Fsp3) is 0.360. The fourth-order valence-corrected chi connectivity index (χ4v) is 5.65. The van der Waals surface area contributed by atoms with Gasteiger partial charge in [0.1, 0.15) is 18.1 Å². The van der Waals surface area contributed by atoms with E-state index in [1.54, 1.807) is 12.4 Å². The Morgan fingerprint density at radius 3 is 2.71 bits per heavy atom. The van der Waals surface area contributed by atoms with Crippen LogP contribution in [-0.2, 0) is 0 Å². The minimum atomic E-state index is -0.848. The number of nitrogens with one attached hydrogen (secondary N) is 1. The highest BCUT2D eigenvalue weighted by atomic mass is 35.5. The first kappa shape index (κ1) is 23.3. The highest BCUT2D eigenvalue weighted by Gasteiger charge is 2.26. The molecule has 0 aliphatic heterocycles. The van der Waals surface area contributed by atoms with Crippen molar-refractivity contribution in [2.45, 2.75) is 50.7 Å². The minimum Gasteiger partial charge on any atom is -0.393 e. The lowest BCUT2D eigenvalue weighted by Gasteiger charge is -2.26. The summed E-state index contributed by atoms with van der Waals surface area (Å²) in [6, 6.07) is 4.76. The van der Waals surface area contributed by atoms with Gasteiger partial charge < -0.3 is 10.1 Å². The molecule has 1 aliphatic rings. The Bertz CT molecular complexity index is 1340. The number of hydrogen-bond donors (Lipinski definition) is 2. The summed E-state index contributed by atoms with van der Waals surface area (Å²) >= 11 is 12.5. The van der Waals surface area contributed by atoms with Crippen molar-refractivity contribution < 1.29 is 13.9 Å². The van der Waals surface area contributed by atoms with Crippen molar-refractivity contribution in [1.29, 1.82) is 0 Å². The maximum atomic E-state index is 14.3. The molecule has 34 heavy (non-hydrogen) atoms. The number of aliphatic hydroxyl groups excluding tert-OH is 1. The number of fused-ring (bicyclic) bond motifs is 1. The summed E-state index contributed by atoms with van der Waals surface area (Å²) in [4.78, 5) is 7.61. The molecular formula is C25H24Cl2F2N4O. The summed E-state index contributed by atoms with van der Waals surface area (Å²) in [6.07, 6.45) is 8.34. The molecule has 5 rings (SSSR count). The van der Waals surface area contributed by atoms with Gasteiger partial charge in [-0.1, -0.05) is 23.2 Å². The van der Waals surface area contributed by atoms with Gasteiger partial charge in [0.25, 0.3) is 0 Å². The number of rotatable bonds is 5. The molecule has 0 radical (unpaired) electrons. The predicted octanol–water partition coefficient (Wildman–Crippen LogP) is 6.76. The Morgan fingerprint density at radius 1 is 1.21 bits per heavy atom. The zero-order valence-electron chi connectivity index (χ0n) is 18.5. The number of aromatic nitrogens is 4. The van der Waals surface area contributed by atoms with Crippen LogP contribution < -0.4 is 0 Å². The number of H-pyrrole nitrogens is 1. The SMILES string of the molecule is Cc1c(-c2cnc3[nH]cc(C(CF)c4c(Cl)ccc(F)c4Cl)c3c2)cnn1C1CCC(O)CC1. The first-order valence-electron chi connectivity index (χ1n) is 11.3. The number of aliphatic hydroxyl groups is 1. The number of pyridine rings is 1. The predicted molar refractivity (Wildman–Crippen MR) is 130 cm³/mol. The van der Waals surface area contributed by atoms with Crippen LogP contribution in [0.2, 0.25) is 10.0 Å². The van der Waals surface area contributed by atoms with Crippen molar-refractivity contribution in [3.8, 4) is 11.1 Å². The van der Waals surface area contributed by atoms with E-state index < -0.39 is 18.4 Å². The molecule has 1 fully saturated rings. The average molecular weight is 505 g/mol. The Kier molecular flexibility index (Phi) is 6.35. The highest BCUT2D eigenvalue weighted by Crippen LogP contribution is 2.40. The molecule has 1 aliphatic carbocycles. The van der Waals surface area contributed by atoms with Crippen LogP contribution in [0.15, 0.2) is 36.8 Å². The molecule has 1 aromatic carbocycles. The van der Waals surface area contributed by atoms with Crippen molar-refractivity contribution in [3.05, 3.63) is 69.5 Å². The summed E-state index contributed by atoms with van der Waals surface area (Å²) in [5.41, 5.74) is 4.21. The first-order valence-corrected chi connectivity index (χ1v) is 12.0. The standard InChI is InChI=1S/C25H24Cl2F2N4O/c1-13-19(12-32-33(13)15-2-4-16(34)5-3-15)14-8-17-20(11-31-25(17)30-10-14)18(9-28)23-21(26)6-7-22(29)24(23)27/h6-8,10-12,15-16,18,34H,2-5,9H2,1H3,(H,30,31). The van der Waals surface area contributed by atoms with Crippen LogP contribution in [0.5, 0.6) is 0 Å². The van der Waals surface area contributed by atoms with Crippen LogP contribution in [0.25, 0.3) is 22.2 Å². The Morgan fingerprint density at radius 2 is 1.97 bits per heavy atom. The molecule has 178 valence electrons. The number of hydrogen-bond acceptors (Lipinski definition) is 3. The molecule has 4 aromatic rings. The Labute approximate surface area is 205 Å². The van der Waals surface area contributed by atoms with E-state index >= 15 is 0 Å². The molecule has 2 N–H and O–H groups in total. The van der Waals surface area contributed by atoms with Crippen molar-refractivity contribution in [2.75, 3.05) is 6.67 Å². The van der Waals surface area contributed by atoms with E-state index in [4.69, 9.17) is 23.2 Å². The zero-order chi connectivity index (χ0) is 24.0. The van der Waals surface area contributed by atoms with Crippen molar-refractivity contribution in [1.82, 2.24) is 19.7 Å². The first-order chi connectivity index (χ1) is 16.4. The van der Waals surface area contributed by atoms with Gasteiger partial charge in [0.2, 0.25) is 0 Å². The van der Waals surface area contributed by atoms with Crippen LogP contribution in [0, 0.1) is 12.7 Å². The van der Waals surface area contributed by atoms with Crippen molar-refractivity contribution >= 4 is 34.2 Å². The van der Waals surface area contributed by atoms with Crippen LogP contribution in [-0.4, -0.2) is 37.6 Å². The minimum absolute atomic E-state index is 0.177. The topological polar surface area (TPSA) is 66.7 Å². The Hall–Kier alpha value is -2.48. The quantitative estimate of drug-likeness (QED) is 0.295. The number of nitrogens with zero attached hydrogens (tertiary/aromatic N) is 3. The third-order valence-corrected chi connectivity index (χ3v) is 7.60. The van der Waals surface area contributed by atoms with E-state index in [1.165, 1.54) is 12.1 Å². The molecule has 0 amide bonds. The summed E-state index contributed by atoms with van der Waals surface area (Å²) in [5, 5.41) is 15.2. The monoisotopic (exact) mass is 504 g/mol. The van der Waals surface area contributed by atoms with E-state index in [0.29, 0.717) is 16.6 Å². The lowest BCUT2D eigenvalue weighted by atomic mass is 9.91. The van der Waals surface area contributed by atoms with Gasteiger partial charge >= 0.3 is 0 Å². The largest absolute Gasteiger partial charge is 0.393 e. The number of halogens is 4. The van der Waals surface area contributed by atoms with Crippen LogP contribution >= 0.6 is 23.2 Å². The lowest BCUT2D eigenvalue weighted by molar-refractivity contribution is 0.107. The van der Waals surface area contributed by atoms with Crippen molar-refractivity contribution in [2.24, 2.45) is 0 Å². The molecular weight excluding hydrogens is 481 g/mol. The van der Waals surface area contributed by atoms with Gasteiger partial charge in [-0.3, -0.25) is 9.07 Å². The summed E-state index contributed by atoms with van der Waals surface area (Å²) < 4.78 is 30.5. The maximum absolute atomic E-state index is 14.3. The highest BCUT2D eigenvalue weighted by molar-refractivity contribution is 6.36.